The number of methoxy groups -OCH3 is 1. The Morgan fingerprint density at radius 2 is 1.77 bits per heavy atom. The van der Waals surface area contributed by atoms with Gasteiger partial charge in [-0.2, -0.15) is 13.2 Å². The topological polar surface area (TPSA) is 47.3 Å². The normalized spacial score (nSPS) is 11.5. The molecule has 2 aromatic rings. The number of rotatable bonds is 5. The van der Waals surface area contributed by atoms with Gasteiger partial charge in [0.1, 0.15) is 0 Å². The molecular formula is C16H17F3N2O. The van der Waals surface area contributed by atoms with Crippen LogP contribution in [0.25, 0.3) is 11.1 Å². The second-order valence-corrected chi connectivity index (χ2v) is 4.80. The number of nitrogens with one attached hydrogen (secondary N) is 1. The van der Waals surface area contributed by atoms with Crippen LogP contribution in [0.2, 0.25) is 0 Å². The first-order valence-electron chi connectivity index (χ1n) is 6.72. The van der Waals surface area contributed by atoms with Crippen LogP contribution in [0.5, 0.6) is 0 Å². The second kappa shape index (κ2) is 6.70. The van der Waals surface area contributed by atoms with E-state index in [4.69, 9.17) is 10.5 Å². The third-order valence-corrected chi connectivity index (χ3v) is 3.21. The zero-order valence-corrected chi connectivity index (χ0v) is 12.1. The number of nitrogens with two attached hydrogens (primary N) is 1. The molecule has 0 aliphatic rings. The van der Waals surface area contributed by atoms with Gasteiger partial charge in [-0.05, 0) is 35.9 Å². The third-order valence-electron chi connectivity index (χ3n) is 3.21. The van der Waals surface area contributed by atoms with Crippen LogP contribution in [0, 0.1) is 0 Å². The van der Waals surface area contributed by atoms with Crippen LogP contribution < -0.4 is 11.1 Å². The highest BCUT2D eigenvalue weighted by molar-refractivity contribution is 5.79. The summed E-state index contributed by atoms with van der Waals surface area (Å²) < 4.78 is 42.7. The molecule has 6 heteroatoms. The number of halogens is 3. The smallest absolute Gasteiger partial charge is 0.398 e. The van der Waals surface area contributed by atoms with Crippen LogP contribution in [0.1, 0.15) is 5.56 Å². The Morgan fingerprint density at radius 1 is 1.09 bits per heavy atom. The Kier molecular flexibility index (Phi) is 4.92. The van der Waals surface area contributed by atoms with Crippen molar-refractivity contribution < 1.29 is 17.9 Å². The quantitative estimate of drug-likeness (QED) is 0.648. The zero-order chi connectivity index (χ0) is 16.2. The molecule has 3 N–H and O–H groups in total. The molecule has 0 unspecified atom stereocenters. The first kappa shape index (κ1) is 16.2. The molecule has 0 fully saturated rings. The Morgan fingerprint density at radius 3 is 2.36 bits per heavy atom. The van der Waals surface area contributed by atoms with Crippen molar-refractivity contribution in [2.24, 2.45) is 0 Å². The first-order chi connectivity index (χ1) is 10.4. The third kappa shape index (κ3) is 3.92. The first-order valence-corrected chi connectivity index (χ1v) is 6.72. The molecule has 0 radical (unpaired) electrons. The molecule has 0 heterocycles. The van der Waals surface area contributed by atoms with Crippen molar-refractivity contribution >= 4 is 11.4 Å². The molecule has 3 nitrogen and oxygen atoms in total. The summed E-state index contributed by atoms with van der Waals surface area (Å²) in [5.41, 5.74) is 7.92. The number of ether oxygens (including phenoxy) is 1. The summed E-state index contributed by atoms with van der Waals surface area (Å²) in [6.45, 7) is 1.19. The number of hydrogen-bond donors (Lipinski definition) is 2. The summed E-state index contributed by atoms with van der Waals surface area (Å²) in [5.74, 6) is 0. The van der Waals surface area contributed by atoms with E-state index < -0.39 is 11.7 Å². The van der Waals surface area contributed by atoms with Crippen molar-refractivity contribution in [1.29, 1.82) is 0 Å². The van der Waals surface area contributed by atoms with Gasteiger partial charge in [-0.3, -0.25) is 0 Å². The lowest BCUT2D eigenvalue weighted by Gasteiger charge is -2.12. The maximum absolute atomic E-state index is 12.6. The van der Waals surface area contributed by atoms with E-state index in [0.717, 1.165) is 17.8 Å². The lowest BCUT2D eigenvalue weighted by atomic mass is 10.0. The minimum atomic E-state index is -4.34. The van der Waals surface area contributed by atoms with E-state index in [-0.39, 0.29) is 0 Å². The molecule has 2 aromatic carbocycles. The standard InChI is InChI=1S/C16H17F3N2O/c1-22-9-8-21-13-6-7-15(20)14(10-13)11-2-4-12(5-3-11)16(17,18)19/h2-7,10,21H,8-9,20H2,1H3. The fraction of sp³-hybridized carbons (Fsp3) is 0.250. The van der Waals surface area contributed by atoms with E-state index in [9.17, 15) is 13.2 Å². The van der Waals surface area contributed by atoms with Gasteiger partial charge in [0, 0.05) is 30.6 Å². The van der Waals surface area contributed by atoms with Crippen molar-refractivity contribution in [3.8, 4) is 11.1 Å². The molecule has 0 aliphatic carbocycles. The van der Waals surface area contributed by atoms with Crippen LogP contribution in [0.15, 0.2) is 42.5 Å². The number of benzene rings is 2. The van der Waals surface area contributed by atoms with E-state index in [1.807, 2.05) is 12.1 Å². The zero-order valence-electron chi connectivity index (χ0n) is 12.1. The van der Waals surface area contributed by atoms with Gasteiger partial charge in [-0.25, -0.2) is 0 Å². The molecule has 2 rings (SSSR count). The lowest BCUT2D eigenvalue weighted by Crippen LogP contribution is -2.07. The summed E-state index contributed by atoms with van der Waals surface area (Å²) in [4.78, 5) is 0. The molecule has 0 amide bonds. The molecule has 0 aromatic heterocycles. The Bertz CT molecular complexity index is 624. The highest BCUT2D eigenvalue weighted by atomic mass is 19.4. The van der Waals surface area contributed by atoms with Gasteiger partial charge < -0.3 is 15.8 Å². The Labute approximate surface area is 126 Å². The Balaban J connectivity index is 2.25. The molecule has 22 heavy (non-hydrogen) atoms. The summed E-state index contributed by atoms with van der Waals surface area (Å²) >= 11 is 0. The van der Waals surface area contributed by atoms with Gasteiger partial charge in [-0.15, -0.1) is 0 Å². The molecule has 0 saturated carbocycles. The predicted octanol–water partition coefficient (Wildman–Crippen LogP) is 4.01. The lowest BCUT2D eigenvalue weighted by molar-refractivity contribution is -0.137. The average Bonchev–Trinajstić information content (AvgIpc) is 2.48. The number of nitrogen functional groups attached to an aromatic ring is 1. The average molecular weight is 310 g/mol. The number of anilines is 2. The van der Waals surface area contributed by atoms with Crippen LogP contribution in [-0.4, -0.2) is 20.3 Å². The summed E-state index contributed by atoms with van der Waals surface area (Å²) in [6, 6.07) is 10.3. The highest BCUT2D eigenvalue weighted by Gasteiger charge is 2.30. The molecule has 0 saturated heterocycles. The van der Waals surface area contributed by atoms with E-state index in [0.29, 0.717) is 30.0 Å². The maximum Gasteiger partial charge on any atom is 0.416 e. The van der Waals surface area contributed by atoms with Crippen LogP contribution in [-0.2, 0) is 10.9 Å². The van der Waals surface area contributed by atoms with Crippen molar-refractivity contribution in [3.63, 3.8) is 0 Å². The van der Waals surface area contributed by atoms with E-state index >= 15 is 0 Å². The summed E-state index contributed by atoms with van der Waals surface area (Å²) in [5, 5.41) is 3.16. The van der Waals surface area contributed by atoms with Gasteiger partial charge in [0.05, 0.1) is 12.2 Å². The maximum atomic E-state index is 12.6. The molecular weight excluding hydrogens is 293 g/mol. The molecule has 0 aliphatic heterocycles. The van der Waals surface area contributed by atoms with Crippen molar-refractivity contribution in [1.82, 2.24) is 0 Å². The summed E-state index contributed by atoms with van der Waals surface area (Å²) in [6.07, 6.45) is -4.34. The van der Waals surface area contributed by atoms with Gasteiger partial charge in [0.25, 0.3) is 0 Å². The van der Waals surface area contributed by atoms with Crippen molar-refractivity contribution in [2.45, 2.75) is 6.18 Å². The fourth-order valence-corrected chi connectivity index (χ4v) is 2.05. The molecule has 0 spiro atoms. The SMILES string of the molecule is COCCNc1ccc(N)c(-c2ccc(C(F)(F)F)cc2)c1. The summed E-state index contributed by atoms with van der Waals surface area (Å²) in [7, 11) is 1.61. The van der Waals surface area contributed by atoms with Crippen LogP contribution >= 0.6 is 0 Å². The van der Waals surface area contributed by atoms with E-state index in [1.165, 1.54) is 12.1 Å². The Hall–Kier alpha value is -2.21. The van der Waals surface area contributed by atoms with Gasteiger partial charge in [0.2, 0.25) is 0 Å². The van der Waals surface area contributed by atoms with E-state index in [2.05, 4.69) is 5.32 Å². The minimum absolute atomic E-state index is 0.511. The van der Waals surface area contributed by atoms with Gasteiger partial charge in [-0.1, -0.05) is 12.1 Å². The van der Waals surface area contributed by atoms with Gasteiger partial charge in [0.15, 0.2) is 0 Å². The van der Waals surface area contributed by atoms with Crippen molar-refractivity contribution in [2.75, 3.05) is 31.3 Å². The van der Waals surface area contributed by atoms with Gasteiger partial charge >= 0.3 is 6.18 Å². The minimum Gasteiger partial charge on any atom is -0.398 e. The van der Waals surface area contributed by atoms with Crippen LogP contribution in [0.3, 0.4) is 0 Å². The fourth-order valence-electron chi connectivity index (χ4n) is 2.05. The van der Waals surface area contributed by atoms with Crippen LogP contribution in [0.4, 0.5) is 24.5 Å². The highest BCUT2D eigenvalue weighted by Crippen LogP contribution is 2.33. The monoisotopic (exact) mass is 310 g/mol. The molecule has 118 valence electrons. The predicted molar refractivity (Wildman–Crippen MR) is 81.7 cm³/mol. The van der Waals surface area contributed by atoms with E-state index in [1.54, 1.807) is 13.2 Å². The largest absolute Gasteiger partial charge is 0.416 e. The second-order valence-electron chi connectivity index (χ2n) is 4.80. The number of hydrogen-bond acceptors (Lipinski definition) is 3. The van der Waals surface area contributed by atoms with Crippen molar-refractivity contribution in [3.05, 3.63) is 48.0 Å². The number of alkyl halides is 3. The molecule has 0 bridgehead atoms. The molecule has 0 atom stereocenters.